The number of aliphatic hydroxyl groups is 1. The average molecular weight is 261 g/mol. The topological polar surface area (TPSA) is 32.7 Å². The van der Waals surface area contributed by atoms with Crippen molar-refractivity contribution in [1.29, 1.82) is 0 Å². The predicted molar refractivity (Wildman–Crippen MR) is 77.0 cm³/mol. The number of benzene rings is 1. The van der Waals surface area contributed by atoms with Gasteiger partial charge in [-0.05, 0) is 18.4 Å². The third-order valence-electron chi connectivity index (χ3n) is 3.49. The Morgan fingerprint density at radius 3 is 2.95 bits per heavy atom. The summed E-state index contributed by atoms with van der Waals surface area (Å²) in [5, 5.41) is 9.96. The summed E-state index contributed by atoms with van der Waals surface area (Å²) in [6, 6.07) is 10.3. The molecule has 3 heteroatoms. The van der Waals surface area contributed by atoms with Crippen LogP contribution < -0.4 is 0 Å². The van der Waals surface area contributed by atoms with E-state index < -0.39 is 0 Å². The first-order chi connectivity index (χ1) is 9.29. The van der Waals surface area contributed by atoms with Crippen molar-refractivity contribution in [3.05, 3.63) is 48.6 Å². The van der Waals surface area contributed by atoms with Crippen molar-refractivity contribution in [2.24, 2.45) is 0 Å². The minimum absolute atomic E-state index is 0.126. The quantitative estimate of drug-likeness (QED) is 0.798. The van der Waals surface area contributed by atoms with Crippen LogP contribution in [0.15, 0.2) is 43.0 Å². The van der Waals surface area contributed by atoms with E-state index in [2.05, 4.69) is 23.6 Å². The van der Waals surface area contributed by atoms with E-state index in [-0.39, 0.29) is 12.2 Å². The first-order valence-corrected chi connectivity index (χ1v) is 6.97. The molecule has 3 nitrogen and oxygen atoms in total. The molecule has 1 N–H and O–H groups in total. The molecule has 0 radical (unpaired) electrons. The molecule has 1 saturated heterocycles. The maximum atomic E-state index is 9.96. The highest BCUT2D eigenvalue weighted by molar-refractivity contribution is 5.18. The van der Waals surface area contributed by atoms with Gasteiger partial charge in [0, 0.05) is 19.6 Å². The Morgan fingerprint density at radius 2 is 2.21 bits per heavy atom. The third kappa shape index (κ3) is 4.46. The van der Waals surface area contributed by atoms with Gasteiger partial charge < -0.3 is 9.84 Å². The molecule has 104 valence electrons. The molecule has 0 saturated carbocycles. The van der Waals surface area contributed by atoms with Gasteiger partial charge in [0.05, 0.1) is 18.8 Å². The van der Waals surface area contributed by atoms with E-state index >= 15 is 0 Å². The Hall–Kier alpha value is -1.16. The molecular weight excluding hydrogens is 238 g/mol. The molecule has 0 spiro atoms. The number of β-amino-alcohol motifs (C(OH)–C–C–N with tert-alkyl or cyclic N) is 1. The minimum Gasteiger partial charge on any atom is -0.392 e. The number of rotatable bonds is 6. The second-order valence-electron chi connectivity index (χ2n) is 5.05. The molecule has 1 aromatic carbocycles. The van der Waals surface area contributed by atoms with E-state index in [4.69, 9.17) is 4.74 Å². The largest absolute Gasteiger partial charge is 0.392 e. The van der Waals surface area contributed by atoms with Crippen molar-refractivity contribution in [3.8, 4) is 0 Å². The fraction of sp³-hybridized carbons (Fsp3) is 0.500. The highest BCUT2D eigenvalue weighted by atomic mass is 16.5. The van der Waals surface area contributed by atoms with Crippen LogP contribution in [0.1, 0.15) is 24.5 Å². The second kappa shape index (κ2) is 7.43. The highest BCUT2D eigenvalue weighted by Gasteiger charge is 2.23. The fourth-order valence-corrected chi connectivity index (χ4v) is 2.44. The van der Waals surface area contributed by atoms with Gasteiger partial charge in [-0.15, -0.1) is 6.58 Å². The van der Waals surface area contributed by atoms with Gasteiger partial charge in [-0.3, -0.25) is 4.90 Å². The van der Waals surface area contributed by atoms with Gasteiger partial charge >= 0.3 is 0 Å². The smallest absolute Gasteiger partial charge is 0.0952 e. The fourth-order valence-electron chi connectivity index (χ4n) is 2.44. The number of aliphatic hydroxyl groups excluding tert-OH is 1. The lowest BCUT2D eigenvalue weighted by atomic mass is 10.1. The van der Waals surface area contributed by atoms with Crippen LogP contribution in [0.25, 0.3) is 0 Å². The summed E-state index contributed by atoms with van der Waals surface area (Å²) in [4.78, 5) is 2.29. The molecule has 1 heterocycles. The van der Waals surface area contributed by atoms with Crippen LogP contribution in [0.5, 0.6) is 0 Å². The molecule has 0 aromatic heterocycles. The van der Waals surface area contributed by atoms with Crippen molar-refractivity contribution in [1.82, 2.24) is 4.90 Å². The van der Waals surface area contributed by atoms with Crippen molar-refractivity contribution in [2.45, 2.75) is 25.0 Å². The van der Waals surface area contributed by atoms with E-state index in [0.717, 1.165) is 39.1 Å². The van der Waals surface area contributed by atoms with Crippen LogP contribution in [-0.2, 0) is 4.74 Å². The number of allylic oxidation sites excluding steroid dienone is 1. The summed E-state index contributed by atoms with van der Waals surface area (Å²) in [6.07, 6.45) is 3.37. The van der Waals surface area contributed by atoms with Crippen LogP contribution in [0, 0.1) is 0 Å². The zero-order valence-corrected chi connectivity index (χ0v) is 11.4. The molecule has 0 amide bonds. The molecule has 19 heavy (non-hydrogen) atoms. The lowest BCUT2D eigenvalue weighted by Crippen LogP contribution is -2.42. The summed E-state index contributed by atoms with van der Waals surface area (Å²) in [6.45, 7) is 6.89. The van der Waals surface area contributed by atoms with Crippen molar-refractivity contribution < 1.29 is 9.84 Å². The SMILES string of the molecule is C=CCC[C@H](O)CN1CCO[C@@H](c2ccccc2)C1. The minimum atomic E-state index is -0.271. The molecule has 0 bridgehead atoms. The van der Waals surface area contributed by atoms with Gasteiger partial charge in [-0.2, -0.15) is 0 Å². The Kier molecular flexibility index (Phi) is 5.58. The van der Waals surface area contributed by atoms with Gasteiger partial charge in [-0.1, -0.05) is 36.4 Å². The summed E-state index contributed by atoms with van der Waals surface area (Å²) < 4.78 is 5.82. The molecule has 1 fully saturated rings. The van der Waals surface area contributed by atoms with E-state index in [1.54, 1.807) is 0 Å². The van der Waals surface area contributed by atoms with Gasteiger partial charge in [0.1, 0.15) is 0 Å². The third-order valence-corrected chi connectivity index (χ3v) is 3.49. The molecular formula is C16H23NO2. The van der Waals surface area contributed by atoms with Crippen LogP contribution in [0.3, 0.4) is 0 Å². The molecule has 0 aliphatic carbocycles. The molecule has 1 aliphatic heterocycles. The summed E-state index contributed by atoms with van der Waals surface area (Å²) >= 11 is 0. The van der Waals surface area contributed by atoms with Crippen molar-refractivity contribution in [2.75, 3.05) is 26.2 Å². The normalized spacial score (nSPS) is 22.1. The average Bonchev–Trinajstić information content (AvgIpc) is 2.46. The molecule has 1 aliphatic rings. The van der Waals surface area contributed by atoms with Gasteiger partial charge in [-0.25, -0.2) is 0 Å². The Bertz CT molecular complexity index is 380. The first-order valence-electron chi connectivity index (χ1n) is 6.97. The second-order valence-corrected chi connectivity index (χ2v) is 5.05. The Morgan fingerprint density at radius 1 is 1.42 bits per heavy atom. The predicted octanol–water partition coefficient (Wildman–Crippen LogP) is 2.39. The summed E-state index contributed by atoms with van der Waals surface area (Å²) in [7, 11) is 0. The van der Waals surface area contributed by atoms with Crippen LogP contribution in [0.2, 0.25) is 0 Å². The number of hydrogen-bond donors (Lipinski definition) is 1. The zero-order valence-electron chi connectivity index (χ0n) is 11.4. The number of hydrogen-bond acceptors (Lipinski definition) is 3. The van der Waals surface area contributed by atoms with E-state index in [1.165, 1.54) is 5.56 Å². The lowest BCUT2D eigenvalue weighted by Gasteiger charge is -2.34. The lowest BCUT2D eigenvalue weighted by molar-refractivity contribution is -0.0426. The van der Waals surface area contributed by atoms with Crippen molar-refractivity contribution >= 4 is 0 Å². The Labute approximate surface area is 115 Å². The molecule has 0 unspecified atom stereocenters. The standard InChI is InChI=1S/C16H23NO2/c1-2-3-9-15(18)12-17-10-11-19-16(13-17)14-7-5-4-6-8-14/h2,4-8,15-16,18H,1,3,9-13H2/t15-,16+/m0/s1. The summed E-state index contributed by atoms with van der Waals surface area (Å²) in [5.41, 5.74) is 1.22. The monoisotopic (exact) mass is 261 g/mol. The van der Waals surface area contributed by atoms with E-state index in [1.807, 2.05) is 24.3 Å². The highest BCUT2D eigenvalue weighted by Crippen LogP contribution is 2.22. The Balaban J connectivity index is 1.85. The molecule has 2 atom stereocenters. The van der Waals surface area contributed by atoms with E-state index in [9.17, 15) is 5.11 Å². The number of nitrogens with zero attached hydrogens (tertiary/aromatic N) is 1. The number of ether oxygens (including phenoxy) is 1. The zero-order chi connectivity index (χ0) is 13.5. The first kappa shape index (κ1) is 14.3. The van der Waals surface area contributed by atoms with Crippen LogP contribution in [-0.4, -0.2) is 42.4 Å². The van der Waals surface area contributed by atoms with Crippen LogP contribution in [0.4, 0.5) is 0 Å². The molecule has 2 rings (SSSR count). The van der Waals surface area contributed by atoms with Crippen LogP contribution >= 0.6 is 0 Å². The maximum Gasteiger partial charge on any atom is 0.0952 e. The van der Waals surface area contributed by atoms with Gasteiger partial charge in [0.2, 0.25) is 0 Å². The maximum absolute atomic E-state index is 9.96. The van der Waals surface area contributed by atoms with Gasteiger partial charge in [0.15, 0.2) is 0 Å². The van der Waals surface area contributed by atoms with Crippen molar-refractivity contribution in [3.63, 3.8) is 0 Å². The molecule has 1 aromatic rings. The number of morpholine rings is 1. The van der Waals surface area contributed by atoms with E-state index in [0.29, 0.717) is 0 Å². The summed E-state index contributed by atoms with van der Waals surface area (Å²) in [5.74, 6) is 0. The van der Waals surface area contributed by atoms with Gasteiger partial charge in [0.25, 0.3) is 0 Å².